The number of ketones is 1. The van der Waals surface area contributed by atoms with Crippen LogP contribution < -0.4 is 14.8 Å². The van der Waals surface area contributed by atoms with Gasteiger partial charge in [-0.05, 0) is 53.5 Å². The first-order chi connectivity index (χ1) is 18.3. The molecule has 1 N–H and O–H groups in total. The zero-order valence-corrected chi connectivity index (χ0v) is 22.6. The number of hydrogen-bond acceptors (Lipinski definition) is 6. The zero-order chi connectivity index (χ0) is 27.0. The van der Waals surface area contributed by atoms with Gasteiger partial charge in [-0.1, -0.05) is 42.5 Å². The Morgan fingerprint density at radius 1 is 1.05 bits per heavy atom. The number of benzene rings is 3. The fraction of sp³-hybridized carbons (Fsp3) is 0.200. The summed E-state index contributed by atoms with van der Waals surface area (Å²) < 4.78 is 31.8. The quantitative estimate of drug-likeness (QED) is 0.332. The topological polar surface area (TPSA) is 73.9 Å². The lowest BCUT2D eigenvalue weighted by Gasteiger charge is -2.29. The van der Waals surface area contributed by atoms with E-state index in [0.29, 0.717) is 61.8 Å². The smallest absolute Gasteiger partial charge is 0.336 e. The van der Waals surface area contributed by atoms with Crippen molar-refractivity contribution in [2.24, 2.45) is 0 Å². The van der Waals surface area contributed by atoms with Gasteiger partial charge in [-0.2, -0.15) is 0 Å². The van der Waals surface area contributed by atoms with Gasteiger partial charge in [0.05, 0.1) is 29.5 Å². The number of ether oxygens (including phenoxy) is 3. The summed E-state index contributed by atoms with van der Waals surface area (Å²) in [4.78, 5) is 26.7. The van der Waals surface area contributed by atoms with Gasteiger partial charge in [-0.15, -0.1) is 0 Å². The molecule has 1 aliphatic heterocycles. The van der Waals surface area contributed by atoms with Crippen LogP contribution in [0.2, 0.25) is 0 Å². The van der Waals surface area contributed by atoms with Crippen molar-refractivity contribution in [2.45, 2.75) is 26.4 Å². The van der Waals surface area contributed by atoms with E-state index < -0.39 is 11.9 Å². The predicted molar refractivity (Wildman–Crippen MR) is 144 cm³/mol. The van der Waals surface area contributed by atoms with Crippen LogP contribution in [-0.2, 0) is 16.1 Å². The van der Waals surface area contributed by atoms with Crippen LogP contribution in [0.1, 0.15) is 46.8 Å². The van der Waals surface area contributed by atoms with Crippen molar-refractivity contribution in [3.63, 3.8) is 0 Å². The highest BCUT2D eigenvalue weighted by molar-refractivity contribution is 9.10. The maximum absolute atomic E-state index is 14.2. The van der Waals surface area contributed by atoms with Crippen LogP contribution in [0.5, 0.6) is 11.5 Å². The summed E-state index contributed by atoms with van der Waals surface area (Å²) in [6, 6.07) is 17.3. The molecule has 3 aromatic carbocycles. The summed E-state index contributed by atoms with van der Waals surface area (Å²) in [6.45, 7) is 3.97. The molecule has 0 saturated carbocycles. The van der Waals surface area contributed by atoms with E-state index in [4.69, 9.17) is 14.2 Å². The molecule has 0 spiro atoms. The minimum absolute atomic E-state index is 0.00639. The molecular formula is C30H25BrFNO5. The maximum atomic E-state index is 14.2. The van der Waals surface area contributed by atoms with Crippen LogP contribution in [0.3, 0.4) is 0 Å². The molecule has 0 aromatic heterocycles. The van der Waals surface area contributed by atoms with Gasteiger partial charge in [0.25, 0.3) is 0 Å². The Hall–Kier alpha value is -3.91. The second kappa shape index (κ2) is 10.5. The lowest BCUT2D eigenvalue weighted by Crippen LogP contribution is -2.29. The molecule has 8 heteroatoms. The molecule has 3 aromatic rings. The van der Waals surface area contributed by atoms with E-state index in [1.54, 1.807) is 43.3 Å². The molecular weight excluding hydrogens is 553 g/mol. The fourth-order valence-corrected chi connectivity index (χ4v) is 5.54. The van der Waals surface area contributed by atoms with Gasteiger partial charge in [0.1, 0.15) is 12.4 Å². The van der Waals surface area contributed by atoms with E-state index in [9.17, 15) is 14.0 Å². The summed E-state index contributed by atoms with van der Waals surface area (Å²) in [5.74, 6) is -0.980. The van der Waals surface area contributed by atoms with E-state index in [1.165, 1.54) is 13.2 Å². The molecule has 5 rings (SSSR count). The Balaban J connectivity index is 1.63. The third-order valence-corrected chi connectivity index (χ3v) is 7.24. The number of methoxy groups -OCH3 is 1. The molecule has 38 heavy (non-hydrogen) atoms. The number of dihydropyridines is 1. The van der Waals surface area contributed by atoms with Crippen LogP contribution >= 0.6 is 15.9 Å². The van der Waals surface area contributed by atoms with Crippen molar-refractivity contribution in [3.05, 3.63) is 110 Å². The number of nitrogens with one attached hydrogen (secondary N) is 1. The summed E-state index contributed by atoms with van der Waals surface area (Å²) in [5, 5.41) is 3.27. The highest BCUT2D eigenvalue weighted by atomic mass is 79.9. The maximum Gasteiger partial charge on any atom is 0.336 e. The normalized spacial score (nSPS) is 16.1. The number of carbonyl (C=O) groups excluding carboxylic acids is 2. The Morgan fingerprint density at radius 2 is 1.76 bits per heavy atom. The van der Waals surface area contributed by atoms with Crippen molar-refractivity contribution < 1.29 is 28.2 Å². The number of halogens is 2. The second-order valence-corrected chi connectivity index (χ2v) is 9.75. The van der Waals surface area contributed by atoms with Gasteiger partial charge in [-0.25, -0.2) is 9.18 Å². The zero-order valence-electron chi connectivity index (χ0n) is 21.1. The number of esters is 1. The molecule has 0 amide bonds. The SMILES string of the molecule is CCOc1cc([C@@H]2C(C(=O)OC)=C(C)NC3=C2C(=O)c2ccccc23)cc(Br)c1OCc1ccccc1F. The molecule has 1 aliphatic carbocycles. The molecule has 2 aliphatic rings. The summed E-state index contributed by atoms with van der Waals surface area (Å²) in [5.41, 5.74) is 4.48. The highest BCUT2D eigenvalue weighted by Gasteiger charge is 2.43. The first-order valence-corrected chi connectivity index (χ1v) is 12.9. The van der Waals surface area contributed by atoms with Crippen molar-refractivity contribution in [1.29, 1.82) is 0 Å². The molecule has 0 bridgehead atoms. The number of carbonyl (C=O) groups is 2. The van der Waals surface area contributed by atoms with Crippen LogP contribution in [0, 0.1) is 5.82 Å². The molecule has 1 atom stereocenters. The van der Waals surface area contributed by atoms with Gasteiger partial charge < -0.3 is 19.5 Å². The van der Waals surface area contributed by atoms with Crippen LogP contribution in [0.25, 0.3) is 5.70 Å². The van der Waals surface area contributed by atoms with Crippen molar-refractivity contribution in [2.75, 3.05) is 13.7 Å². The summed E-state index contributed by atoms with van der Waals surface area (Å²) in [7, 11) is 1.32. The second-order valence-electron chi connectivity index (χ2n) is 8.89. The molecule has 194 valence electrons. The predicted octanol–water partition coefficient (Wildman–Crippen LogP) is 6.31. The molecule has 0 saturated heterocycles. The minimum atomic E-state index is -0.713. The van der Waals surface area contributed by atoms with Gasteiger partial charge in [0.2, 0.25) is 0 Å². The Labute approximate surface area is 228 Å². The van der Waals surface area contributed by atoms with Crippen LogP contribution in [0.15, 0.2) is 82.0 Å². The average Bonchev–Trinajstić information content (AvgIpc) is 3.19. The standard InChI is InChI=1S/C30H25BrFNO5/c1-4-37-23-14-18(13-21(31)29(23)38-15-17-9-5-8-12-22(17)32)25-24(30(35)36-3)16(2)33-27-19-10-6-7-11-20(19)28(34)26(25)27/h5-14,25,33H,4,15H2,1-3H3/t25-/m1/s1. The van der Waals surface area contributed by atoms with Crippen LogP contribution in [-0.4, -0.2) is 25.5 Å². The Kier molecular flexibility index (Phi) is 7.08. The molecule has 6 nitrogen and oxygen atoms in total. The lowest BCUT2D eigenvalue weighted by molar-refractivity contribution is -0.136. The van der Waals surface area contributed by atoms with E-state index in [-0.39, 0.29) is 18.2 Å². The van der Waals surface area contributed by atoms with E-state index in [1.807, 2.05) is 25.1 Å². The average molecular weight is 578 g/mol. The first kappa shape index (κ1) is 25.7. The number of fused-ring (bicyclic) bond motifs is 2. The van der Waals surface area contributed by atoms with E-state index in [2.05, 4.69) is 21.2 Å². The molecule has 0 fully saturated rings. The molecule has 0 radical (unpaired) electrons. The number of Topliss-reactive ketones (excluding diaryl/α,β-unsaturated/α-hetero) is 1. The van der Waals surface area contributed by atoms with E-state index >= 15 is 0 Å². The number of rotatable bonds is 7. The van der Waals surface area contributed by atoms with Gasteiger partial charge in [0.15, 0.2) is 17.3 Å². The van der Waals surface area contributed by atoms with Crippen LogP contribution in [0.4, 0.5) is 4.39 Å². The van der Waals surface area contributed by atoms with Crippen molar-refractivity contribution in [1.82, 2.24) is 5.32 Å². The first-order valence-electron chi connectivity index (χ1n) is 12.1. The highest BCUT2D eigenvalue weighted by Crippen LogP contribution is 2.49. The third kappa shape index (κ3) is 4.39. The fourth-order valence-electron chi connectivity index (χ4n) is 4.97. The monoisotopic (exact) mass is 577 g/mol. The van der Waals surface area contributed by atoms with Gasteiger partial charge >= 0.3 is 5.97 Å². The number of hydrogen-bond donors (Lipinski definition) is 1. The lowest BCUT2D eigenvalue weighted by atomic mass is 9.79. The third-order valence-electron chi connectivity index (χ3n) is 6.65. The minimum Gasteiger partial charge on any atom is -0.490 e. The summed E-state index contributed by atoms with van der Waals surface area (Å²) in [6.07, 6.45) is 0. The molecule has 1 heterocycles. The van der Waals surface area contributed by atoms with Gasteiger partial charge in [0, 0.05) is 33.9 Å². The molecule has 0 unspecified atom stereocenters. The Morgan fingerprint density at radius 3 is 2.47 bits per heavy atom. The Bertz CT molecular complexity index is 1530. The largest absolute Gasteiger partial charge is 0.490 e. The van der Waals surface area contributed by atoms with Crippen molar-refractivity contribution >= 4 is 33.4 Å². The van der Waals surface area contributed by atoms with Crippen molar-refractivity contribution in [3.8, 4) is 11.5 Å². The number of allylic oxidation sites excluding steroid dienone is 2. The van der Waals surface area contributed by atoms with E-state index in [0.717, 1.165) is 5.56 Å². The van der Waals surface area contributed by atoms with Gasteiger partial charge in [-0.3, -0.25) is 4.79 Å². The summed E-state index contributed by atoms with van der Waals surface area (Å²) >= 11 is 3.58.